The van der Waals surface area contributed by atoms with Crippen LogP contribution in [0.2, 0.25) is 0 Å². The highest BCUT2D eigenvalue weighted by molar-refractivity contribution is 7.90. The highest BCUT2D eigenvalue weighted by Gasteiger charge is 2.17. The maximum Gasteiger partial charge on any atom is 0.329 e. The second kappa shape index (κ2) is 7.60. The number of aryl methyl sites for hydroxylation is 1. The van der Waals surface area contributed by atoms with E-state index >= 15 is 0 Å². The predicted molar refractivity (Wildman–Crippen MR) is 118 cm³/mol. The number of hydrogen-bond donors (Lipinski definition) is 2. The van der Waals surface area contributed by atoms with Gasteiger partial charge >= 0.3 is 5.69 Å². The number of nitrogens with one attached hydrogen (secondary N) is 1. The fourth-order valence-electron chi connectivity index (χ4n) is 3.58. The van der Waals surface area contributed by atoms with Crippen LogP contribution < -0.4 is 25.0 Å². The zero-order valence-corrected chi connectivity index (χ0v) is 17.9. The summed E-state index contributed by atoms with van der Waals surface area (Å²) in [5.74, 6) is 1.08. The third kappa shape index (κ3) is 3.80. The van der Waals surface area contributed by atoms with Crippen LogP contribution in [-0.2, 0) is 23.8 Å². The fraction of sp³-hybridized carbons (Fsp3) is 0.200. The van der Waals surface area contributed by atoms with Crippen molar-refractivity contribution >= 4 is 37.8 Å². The van der Waals surface area contributed by atoms with Gasteiger partial charge in [-0.05, 0) is 23.8 Å². The number of aromatic nitrogens is 3. The Morgan fingerprint density at radius 1 is 1.10 bits per heavy atom. The van der Waals surface area contributed by atoms with E-state index in [0.717, 1.165) is 10.9 Å². The van der Waals surface area contributed by atoms with Gasteiger partial charge in [0.1, 0.15) is 0 Å². The molecule has 4 aromatic rings. The van der Waals surface area contributed by atoms with Crippen LogP contribution in [0.4, 0.5) is 5.69 Å². The van der Waals surface area contributed by atoms with Gasteiger partial charge in [-0.25, -0.2) is 9.93 Å². The Labute approximate surface area is 178 Å². The number of imidazole rings is 1. The average Bonchev–Trinajstić information content (AvgIpc) is 2.98. The van der Waals surface area contributed by atoms with Crippen LogP contribution in [0.1, 0.15) is 5.56 Å². The summed E-state index contributed by atoms with van der Waals surface area (Å²) in [7, 11) is 0.932. The maximum absolute atomic E-state index is 13.0. The number of ether oxygens (including phenoxy) is 2. The Morgan fingerprint density at radius 2 is 1.74 bits per heavy atom. The first-order chi connectivity index (χ1) is 14.7. The van der Waals surface area contributed by atoms with E-state index in [1.54, 1.807) is 68.4 Å². The molecule has 0 unspecified atom stereocenters. The van der Waals surface area contributed by atoms with Gasteiger partial charge in [0, 0.05) is 24.2 Å². The summed E-state index contributed by atoms with van der Waals surface area (Å²) < 4.78 is 38.6. The van der Waals surface area contributed by atoms with E-state index in [2.05, 4.69) is 9.71 Å². The van der Waals surface area contributed by atoms with E-state index in [4.69, 9.17) is 14.6 Å². The Balaban J connectivity index is 1.86. The maximum atomic E-state index is 13.0. The molecular weight excluding hydrogens is 422 g/mol. The molecule has 0 aliphatic heterocycles. The van der Waals surface area contributed by atoms with Crippen molar-refractivity contribution in [3.63, 3.8) is 0 Å². The van der Waals surface area contributed by atoms with Crippen molar-refractivity contribution in [1.82, 2.24) is 14.1 Å². The molecule has 0 fully saturated rings. The summed E-state index contributed by atoms with van der Waals surface area (Å²) in [5.41, 5.74) is 2.99. The Bertz CT molecular complexity index is 1460. The largest absolute Gasteiger partial charge is 0.493 e. The van der Waals surface area contributed by atoms with Crippen molar-refractivity contribution in [3.05, 3.63) is 58.6 Å². The van der Waals surface area contributed by atoms with E-state index < -0.39 is 10.2 Å². The number of fused-ring (bicyclic) bond motifs is 3. The van der Waals surface area contributed by atoms with Gasteiger partial charge in [-0.15, -0.1) is 0 Å². The molecule has 0 saturated heterocycles. The molecule has 4 rings (SSSR count). The van der Waals surface area contributed by atoms with Crippen LogP contribution in [0.5, 0.6) is 11.5 Å². The van der Waals surface area contributed by atoms with Gasteiger partial charge in [0.15, 0.2) is 11.5 Å². The molecule has 0 aliphatic carbocycles. The Hall–Kier alpha value is -3.57. The van der Waals surface area contributed by atoms with Crippen LogP contribution >= 0.6 is 0 Å². The lowest BCUT2D eigenvalue weighted by Gasteiger charge is -2.11. The molecule has 0 radical (unpaired) electrons. The molecular formula is C20H21N5O5S. The van der Waals surface area contributed by atoms with Gasteiger partial charge in [0.05, 0.1) is 43.5 Å². The second-order valence-electron chi connectivity index (χ2n) is 6.99. The molecule has 10 nitrogen and oxygen atoms in total. The lowest BCUT2D eigenvalue weighted by atomic mass is 10.1. The Kier molecular flexibility index (Phi) is 5.07. The molecule has 0 spiro atoms. The minimum absolute atomic E-state index is 0.203. The smallest absolute Gasteiger partial charge is 0.329 e. The molecule has 0 bridgehead atoms. The lowest BCUT2D eigenvalue weighted by molar-refractivity contribution is 0.356. The SMILES string of the molecule is COc1cc2ncc3c(c2cc1OC)n(Cc1ccc(NS(N)(=O)=O)cc1)c(=O)n3C. The number of methoxy groups -OCH3 is 2. The Morgan fingerprint density at radius 3 is 2.35 bits per heavy atom. The summed E-state index contributed by atoms with van der Waals surface area (Å²) in [6.45, 7) is 0.277. The van der Waals surface area contributed by atoms with Gasteiger partial charge in [0.25, 0.3) is 10.2 Å². The molecule has 0 atom stereocenters. The van der Waals surface area contributed by atoms with Crippen molar-refractivity contribution in [3.8, 4) is 11.5 Å². The van der Waals surface area contributed by atoms with Gasteiger partial charge in [-0.1, -0.05) is 12.1 Å². The topological polar surface area (TPSA) is 130 Å². The van der Waals surface area contributed by atoms with Crippen LogP contribution in [0, 0.1) is 0 Å². The van der Waals surface area contributed by atoms with Gasteiger partial charge in [-0.3, -0.25) is 18.8 Å². The van der Waals surface area contributed by atoms with E-state index in [9.17, 15) is 13.2 Å². The zero-order valence-electron chi connectivity index (χ0n) is 17.1. The average molecular weight is 443 g/mol. The summed E-state index contributed by atoms with van der Waals surface area (Å²) in [6.07, 6.45) is 1.65. The lowest BCUT2D eigenvalue weighted by Crippen LogP contribution is -2.23. The standard InChI is InChI=1S/C20H21N5O5S/c1-24-16-10-22-15-9-18(30-3)17(29-2)8-14(15)19(16)25(20(24)26)11-12-4-6-13(7-5-12)23-31(21,27)28/h4-10,23H,11H2,1-3H3,(H2,21,27,28). The number of nitrogens with two attached hydrogens (primary N) is 1. The quantitative estimate of drug-likeness (QED) is 0.465. The van der Waals surface area contributed by atoms with E-state index in [1.807, 2.05) is 0 Å². The minimum Gasteiger partial charge on any atom is -0.493 e. The molecule has 0 aliphatic rings. The number of anilines is 1. The molecule has 2 heterocycles. The van der Waals surface area contributed by atoms with Gasteiger partial charge in [0.2, 0.25) is 0 Å². The zero-order chi connectivity index (χ0) is 22.3. The van der Waals surface area contributed by atoms with Crippen molar-refractivity contribution < 1.29 is 17.9 Å². The van der Waals surface area contributed by atoms with Crippen LogP contribution in [0.3, 0.4) is 0 Å². The van der Waals surface area contributed by atoms with Crippen LogP contribution in [0.15, 0.2) is 47.4 Å². The molecule has 0 amide bonds. The summed E-state index contributed by atoms with van der Waals surface area (Å²) in [4.78, 5) is 17.5. The molecule has 2 aromatic carbocycles. The fourth-order valence-corrected chi connectivity index (χ4v) is 4.04. The van der Waals surface area contributed by atoms with E-state index in [1.165, 1.54) is 4.57 Å². The number of rotatable bonds is 6. The minimum atomic E-state index is -3.86. The third-order valence-electron chi connectivity index (χ3n) is 5.03. The van der Waals surface area contributed by atoms with Crippen molar-refractivity contribution in [2.24, 2.45) is 12.2 Å². The van der Waals surface area contributed by atoms with Gasteiger partial charge in [-0.2, -0.15) is 8.42 Å². The van der Waals surface area contributed by atoms with E-state index in [-0.39, 0.29) is 12.2 Å². The second-order valence-corrected chi connectivity index (χ2v) is 8.28. The van der Waals surface area contributed by atoms with Gasteiger partial charge < -0.3 is 9.47 Å². The number of nitrogens with zero attached hydrogens (tertiary/aromatic N) is 3. The molecule has 11 heteroatoms. The highest BCUT2D eigenvalue weighted by atomic mass is 32.2. The summed E-state index contributed by atoms with van der Waals surface area (Å²) >= 11 is 0. The first-order valence-electron chi connectivity index (χ1n) is 9.21. The molecule has 2 aromatic heterocycles. The van der Waals surface area contributed by atoms with Crippen molar-refractivity contribution in [1.29, 1.82) is 0 Å². The van der Waals surface area contributed by atoms with E-state index in [0.29, 0.717) is 33.7 Å². The molecule has 0 saturated carbocycles. The monoisotopic (exact) mass is 443 g/mol. The van der Waals surface area contributed by atoms with Crippen LogP contribution in [0.25, 0.3) is 21.9 Å². The number of hydrogen-bond acceptors (Lipinski definition) is 6. The highest BCUT2D eigenvalue weighted by Crippen LogP contribution is 2.34. The van der Waals surface area contributed by atoms with Crippen molar-refractivity contribution in [2.45, 2.75) is 6.54 Å². The third-order valence-corrected chi connectivity index (χ3v) is 5.55. The predicted octanol–water partition coefficient (Wildman–Crippen LogP) is 1.57. The molecule has 3 N–H and O–H groups in total. The van der Waals surface area contributed by atoms with Crippen molar-refractivity contribution in [2.75, 3.05) is 18.9 Å². The number of pyridine rings is 1. The molecule has 31 heavy (non-hydrogen) atoms. The summed E-state index contributed by atoms with van der Waals surface area (Å²) in [5, 5.41) is 5.75. The molecule has 162 valence electrons. The number of benzene rings is 2. The normalized spacial score (nSPS) is 11.7. The first kappa shape index (κ1) is 20.7. The summed E-state index contributed by atoms with van der Waals surface area (Å²) in [6, 6.07) is 10.2. The van der Waals surface area contributed by atoms with Crippen LogP contribution in [-0.4, -0.2) is 36.8 Å². The first-order valence-corrected chi connectivity index (χ1v) is 10.8.